The molecule has 0 aliphatic carbocycles. The highest BCUT2D eigenvalue weighted by Gasteiger charge is 2.40. The number of unbranched alkanes of at least 4 members (excludes halogenated alkanes) is 2. The summed E-state index contributed by atoms with van der Waals surface area (Å²) >= 11 is 0. The molecular weight excluding hydrogens is 294 g/mol. The molecule has 3 atom stereocenters. The van der Waals surface area contributed by atoms with Crippen LogP contribution in [-0.2, 0) is 9.53 Å². The first-order valence-corrected chi connectivity index (χ1v) is 8.41. The van der Waals surface area contributed by atoms with Crippen molar-refractivity contribution in [3.8, 4) is 5.75 Å². The molecule has 1 aromatic rings. The molecule has 1 aliphatic rings. The lowest BCUT2D eigenvalue weighted by atomic mass is 9.81. The summed E-state index contributed by atoms with van der Waals surface area (Å²) in [5.41, 5.74) is 1.55. The third-order valence-electron chi connectivity index (χ3n) is 4.40. The van der Waals surface area contributed by atoms with Crippen molar-refractivity contribution in [2.75, 3.05) is 19.0 Å². The van der Waals surface area contributed by atoms with Crippen LogP contribution >= 0.6 is 0 Å². The Morgan fingerprint density at radius 2 is 2.09 bits per heavy atom. The highest BCUT2D eigenvalue weighted by molar-refractivity contribution is 5.81. The summed E-state index contributed by atoms with van der Waals surface area (Å²) in [6.07, 6.45) is 3.25. The van der Waals surface area contributed by atoms with Gasteiger partial charge in [-0.1, -0.05) is 26.2 Å². The fourth-order valence-electron chi connectivity index (χ4n) is 3.15. The van der Waals surface area contributed by atoms with Crippen LogP contribution in [-0.4, -0.2) is 30.8 Å². The highest BCUT2D eigenvalue weighted by Crippen LogP contribution is 2.41. The lowest BCUT2D eigenvalue weighted by Gasteiger charge is -2.37. The lowest BCUT2D eigenvalue weighted by molar-refractivity contribution is -0.147. The highest BCUT2D eigenvalue weighted by atomic mass is 16.5. The lowest BCUT2D eigenvalue weighted by Crippen LogP contribution is -2.44. The number of benzene rings is 1. The molecule has 0 saturated carbocycles. The Morgan fingerprint density at radius 3 is 2.74 bits per heavy atom. The summed E-state index contributed by atoms with van der Waals surface area (Å²) in [5, 5.41) is 14.1. The van der Waals surface area contributed by atoms with Crippen LogP contribution in [0.3, 0.4) is 0 Å². The zero-order valence-corrected chi connectivity index (χ0v) is 14.2. The van der Waals surface area contributed by atoms with Gasteiger partial charge < -0.3 is 19.9 Å². The number of aliphatic hydroxyl groups excluding tert-OH is 1. The van der Waals surface area contributed by atoms with E-state index < -0.39 is 12.1 Å². The summed E-state index contributed by atoms with van der Waals surface area (Å²) in [6, 6.07) is 4.98. The maximum absolute atomic E-state index is 12.3. The summed E-state index contributed by atoms with van der Waals surface area (Å²) in [5.74, 6) is 0.209. The number of fused-ring (bicyclic) bond motifs is 1. The second kappa shape index (κ2) is 8.20. The van der Waals surface area contributed by atoms with Gasteiger partial charge in [-0.15, -0.1) is 0 Å². The van der Waals surface area contributed by atoms with Crippen molar-refractivity contribution < 1.29 is 19.4 Å². The van der Waals surface area contributed by atoms with Gasteiger partial charge in [0, 0.05) is 17.2 Å². The third-order valence-corrected chi connectivity index (χ3v) is 4.40. The van der Waals surface area contributed by atoms with Gasteiger partial charge in [0.1, 0.15) is 11.8 Å². The van der Waals surface area contributed by atoms with Gasteiger partial charge in [-0.2, -0.15) is 0 Å². The first kappa shape index (κ1) is 17.6. The first-order chi connectivity index (χ1) is 11.1. The summed E-state index contributed by atoms with van der Waals surface area (Å²) in [6.45, 7) is 4.27. The van der Waals surface area contributed by atoms with Crippen molar-refractivity contribution in [3.63, 3.8) is 0 Å². The molecule has 2 unspecified atom stereocenters. The van der Waals surface area contributed by atoms with Gasteiger partial charge in [-0.3, -0.25) is 0 Å². The van der Waals surface area contributed by atoms with E-state index in [-0.39, 0.29) is 11.9 Å². The van der Waals surface area contributed by atoms with Crippen molar-refractivity contribution in [3.05, 3.63) is 23.8 Å². The van der Waals surface area contributed by atoms with Crippen LogP contribution in [0.4, 0.5) is 5.69 Å². The first-order valence-electron chi connectivity index (χ1n) is 8.41. The van der Waals surface area contributed by atoms with Crippen molar-refractivity contribution >= 4 is 11.7 Å². The molecule has 0 fully saturated rings. The zero-order valence-electron chi connectivity index (χ0n) is 14.2. The van der Waals surface area contributed by atoms with E-state index in [1.165, 1.54) is 0 Å². The number of hydrogen-bond donors (Lipinski definition) is 2. The van der Waals surface area contributed by atoms with Crippen LogP contribution in [0.2, 0.25) is 0 Å². The quantitative estimate of drug-likeness (QED) is 0.596. The topological polar surface area (TPSA) is 67.8 Å². The zero-order chi connectivity index (χ0) is 16.8. The van der Waals surface area contributed by atoms with Crippen molar-refractivity contribution in [2.45, 2.75) is 51.7 Å². The number of esters is 1. The number of methoxy groups -OCH3 is 1. The van der Waals surface area contributed by atoms with Crippen LogP contribution in [0, 0.1) is 5.92 Å². The average molecular weight is 321 g/mol. The monoisotopic (exact) mass is 321 g/mol. The van der Waals surface area contributed by atoms with Crippen LogP contribution < -0.4 is 10.1 Å². The minimum Gasteiger partial charge on any atom is -0.497 e. The Labute approximate surface area is 138 Å². The molecule has 23 heavy (non-hydrogen) atoms. The van der Waals surface area contributed by atoms with E-state index >= 15 is 0 Å². The standard InChI is InChI=1S/C18H27NO4/c1-4-6-7-8-13-16(18(21)23-5-2)19-15-10-9-12(22-3)11-14(15)17(13)20/h9-11,13,16-17,19-20H,4-8H2,1-3H3/t13-,16?,17?/m1/s1. The predicted octanol–water partition coefficient (Wildman–Crippen LogP) is 3.28. The Morgan fingerprint density at radius 1 is 1.30 bits per heavy atom. The van der Waals surface area contributed by atoms with Gasteiger partial charge in [0.05, 0.1) is 19.8 Å². The van der Waals surface area contributed by atoms with E-state index in [2.05, 4.69) is 12.2 Å². The Balaban J connectivity index is 2.28. The molecule has 128 valence electrons. The van der Waals surface area contributed by atoms with Crippen LogP contribution in [0.15, 0.2) is 18.2 Å². The molecule has 0 amide bonds. The van der Waals surface area contributed by atoms with Crippen molar-refractivity contribution in [1.29, 1.82) is 0 Å². The molecule has 5 nitrogen and oxygen atoms in total. The largest absolute Gasteiger partial charge is 0.497 e. The fourth-order valence-corrected chi connectivity index (χ4v) is 3.15. The van der Waals surface area contributed by atoms with Gasteiger partial charge in [0.2, 0.25) is 0 Å². The second-order valence-corrected chi connectivity index (χ2v) is 5.93. The fraction of sp³-hybridized carbons (Fsp3) is 0.611. The van der Waals surface area contributed by atoms with E-state index in [0.29, 0.717) is 12.4 Å². The van der Waals surface area contributed by atoms with E-state index in [9.17, 15) is 9.90 Å². The molecule has 1 aliphatic heterocycles. The number of nitrogens with one attached hydrogen (secondary N) is 1. The molecule has 0 bridgehead atoms. The summed E-state index contributed by atoms with van der Waals surface area (Å²) in [7, 11) is 1.60. The van der Waals surface area contributed by atoms with Crippen LogP contribution in [0.5, 0.6) is 5.75 Å². The SMILES string of the molecule is CCCCC[C@@H]1C(C(=O)OCC)Nc2ccc(OC)cc2C1O. The molecule has 0 saturated heterocycles. The Bertz CT molecular complexity index is 532. The number of rotatable bonds is 7. The van der Waals surface area contributed by atoms with Gasteiger partial charge in [0.25, 0.3) is 0 Å². The number of anilines is 1. The molecule has 1 heterocycles. The number of carbonyl (C=O) groups excluding carboxylic acids is 1. The number of aliphatic hydroxyl groups is 1. The third kappa shape index (κ3) is 3.96. The number of ether oxygens (including phenoxy) is 2. The Hall–Kier alpha value is -1.75. The molecule has 5 heteroatoms. The van der Waals surface area contributed by atoms with E-state index in [1.807, 2.05) is 18.2 Å². The molecular formula is C18H27NO4. The Kier molecular flexibility index (Phi) is 6.28. The minimum absolute atomic E-state index is 0.194. The minimum atomic E-state index is -0.701. The molecule has 2 rings (SSSR count). The normalized spacial score (nSPS) is 22.9. The summed E-state index contributed by atoms with van der Waals surface area (Å²) in [4.78, 5) is 12.3. The molecule has 2 N–H and O–H groups in total. The van der Waals surface area contributed by atoms with Gasteiger partial charge in [-0.25, -0.2) is 4.79 Å². The average Bonchev–Trinajstić information content (AvgIpc) is 2.56. The molecule has 0 spiro atoms. The number of hydrogen-bond acceptors (Lipinski definition) is 5. The summed E-state index contributed by atoms with van der Waals surface area (Å²) < 4.78 is 10.4. The van der Waals surface area contributed by atoms with Crippen LogP contribution in [0.1, 0.15) is 51.2 Å². The van der Waals surface area contributed by atoms with Gasteiger partial charge >= 0.3 is 5.97 Å². The smallest absolute Gasteiger partial charge is 0.328 e. The van der Waals surface area contributed by atoms with Gasteiger partial charge in [-0.05, 0) is 31.5 Å². The van der Waals surface area contributed by atoms with Crippen molar-refractivity contribution in [1.82, 2.24) is 0 Å². The van der Waals surface area contributed by atoms with Gasteiger partial charge in [0.15, 0.2) is 0 Å². The molecule has 0 radical (unpaired) electrons. The van der Waals surface area contributed by atoms with Crippen LogP contribution in [0.25, 0.3) is 0 Å². The molecule has 1 aromatic carbocycles. The second-order valence-electron chi connectivity index (χ2n) is 5.93. The van der Waals surface area contributed by atoms with Crippen molar-refractivity contribution in [2.24, 2.45) is 5.92 Å². The predicted molar refractivity (Wildman–Crippen MR) is 89.6 cm³/mol. The van der Waals surface area contributed by atoms with E-state index in [1.54, 1.807) is 14.0 Å². The number of carbonyl (C=O) groups is 1. The maximum atomic E-state index is 12.3. The molecule has 0 aromatic heterocycles. The van der Waals surface area contributed by atoms with E-state index in [0.717, 1.165) is 36.9 Å². The van der Waals surface area contributed by atoms with E-state index in [4.69, 9.17) is 9.47 Å². The maximum Gasteiger partial charge on any atom is 0.328 e.